The molecule has 0 N–H and O–H groups in total. The van der Waals surface area contributed by atoms with Crippen LogP contribution in [0.3, 0.4) is 0 Å². The first kappa shape index (κ1) is 25.6. The van der Waals surface area contributed by atoms with Crippen LogP contribution in [0.5, 0.6) is 0 Å². The highest BCUT2D eigenvalue weighted by atomic mass is 16.6. The number of nitrogens with zero attached hydrogens (tertiary/aromatic N) is 3. The molecule has 0 saturated carbocycles. The average molecular weight is 484 g/mol. The molecule has 1 fully saturated rings. The minimum Gasteiger partial charge on any atom is -0.456 e. The summed E-state index contributed by atoms with van der Waals surface area (Å²) < 4.78 is 5.80. The number of hydrogen-bond donors (Lipinski definition) is 0. The second-order valence-electron chi connectivity index (χ2n) is 11.3. The van der Waals surface area contributed by atoms with Gasteiger partial charge in [0, 0.05) is 24.2 Å². The van der Waals surface area contributed by atoms with Crippen LogP contribution < -0.4 is 4.90 Å². The van der Waals surface area contributed by atoms with Gasteiger partial charge in [0.05, 0.1) is 5.71 Å². The Morgan fingerprint density at radius 3 is 1.97 bits per heavy atom. The summed E-state index contributed by atoms with van der Waals surface area (Å²) in [5.74, 6) is 0.913. The molecule has 1 saturated heterocycles. The minimum atomic E-state index is -0.588. The first-order chi connectivity index (χ1) is 17.0. The van der Waals surface area contributed by atoms with Gasteiger partial charge in [0.25, 0.3) is 0 Å². The zero-order valence-electron chi connectivity index (χ0n) is 22.3. The van der Waals surface area contributed by atoms with E-state index in [0.29, 0.717) is 17.2 Å². The number of rotatable bonds is 5. The summed E-state index contributed by atoms with van der Waals surface area (Å²) >= 11 is 0. The van der Waals surface area contributed by atoms with Crippen LogP contribution in [-0.2, 0) is 4.74 Å². The predicted molar refractivity (Wildman–Crippen MR) is 148 cm³/mol. The Hall–Kier alpha value is -3.47. The first-order valence-corrected chi connectivity index (χ1v) is 12.7. The van der Waals surface area contributed by atoms with Crippen LogP contribution in [0.15, 0.2) is 71.7 Å². The lowest BCUT2D eigenvalue weighted by atomic mass is 9.82. The SMILES string of the molecule is Cc1cc(N=C(c2ccccc2)c2ccccc2)nc(N2CCC(C)(C)CC2)c1C(=O)OC(C)(C)C. The van der Waals surface area contributed by atoms with Crippen molar-refractivity contribution in [1.29, 1.82) is 0 Å². The molecule has 5 nitrogen and oxygen atoms in total. The third kappa shape index (κ3) is 6.20. The third-order valence-corrected chi connectivity index (χ3v) is 6.52. The van der Waals surface area contributed by atoms with E-state index in [1.54, 1.807) is 0 Å². The molecule has 3 aromatic rings. The van der Waals surface area contributed by atoms with E-state index in [4.69, 9.17) is 14.7 Å². The number of pyridine rings is 1. The van der Waals surface area contributed by atoms with E-state index in [1.165, 1.54) is 0 Å². The number of anilines is 1. The van der Waals surface area contributed by atoms with Gasteiger partial charge in [-0.15, -0.1) is 0 Å². The number of piperidine rings is 1. The lowest BCUT2D eigenvalue weighted by Gasteiger charge is -2.38. The van der Waals surface area contributed by atoms with Crippen LogP contribution in [0, 0.1) is 12.3 Å². The van der Waals surface area contributed by atoms with Crippen molar-refractivity contribution >= 4 is 23.3 Å². The highest BCUT2D eigenvalue weighted by molar-refractivity contribution is 6.13. The van der Waals surface area contributed by atoms with Crippen LogP contribution in [0.4, 0.5) is 11.6 Å². The number of benzene rings is 2. The molecular formula is C31H37N3O2. The molecule has 1 aliphatic rings. The highest BCUT2D eigenvalue weighted by Crippen LogP contribution is 2.35. The second kappa shape index (κ2) is 10.3. The molecule has 4 rings (SSSR count). The summed E-state index contributed by atoms with van der Waals surface area (Å²) in [6.45, 7) is 13.9. The Morgan fingerprint density at radius 2 is 1.47 bits per heavy atom. The minimum absolute atomic E-state index is 0.279. The van der Waals surface area contributed by atoms with E-state index in [9.17, 15) is 4.79 Å². The van der Waals surface area contributed by atoms with Crippen molar-refractivity contribution in [2.45, 2.75) is 60.0 Å². The molecule has 1 aromatic heterocycles. The van der Waals surface area contributed by atoms with E-state index >= 15 is 0 Å². The van der Waals surface area contributed by atoms with Gasteiger partial charge >= 0.3 is 5.97 Å². The van der Waals surface area contributed by atoms with Gasteiger partial charge in [-0.3, -0.25) is 0 Å². The van der Waals surface area contributed by atoms with Crippen molar-refractivity contribution in [2.24, 2.45) is 10.4 Å². The Bertz CT molecular complexity index is 1190. The molecular weight excluding hydrogens is 446 g/mol. The number of esters is 1. The lowest BCUT2D eigenvalue weighted by Crippen LogP contribution is -2.39. The maximum absolute atomic E-state index is 13.3. The molecule has 0 atom stereocenters. The van der Waals surface area contributed by atoms with Crippen LogP contribution in [0.25, 0.3) is 0 Å². The number of aryl methyl sites for hydroxylation is 1. The number of carbonyl (C=O) groups is 1. The number of aromatic nitrogens is 1. The molecule has 0 amide bonds. The van der Waals surface area contributed by atoms with Crippen molar-refractivity contribution in [2.75, 3.05) is 18.0 Å². The second-order valence-corrected chi connectivity index (χ2v) is 11.3. The van der Waals surface area contributed by atoms with Crippen LogP contribution >= 0.6 is 0 Å². The fourth-order valence-corrected chi connectivity index (χ4v) is 4.43. The van der Waals surface area contributed by atoms with Gasteiger partial charge in [0.2, 0.25) is 0 Å². The van der Waals surface area contributed by atoms with Crippen LogP contribution in [0.2, 0.25) is 0 Å². The quantitative estimate of drug-likeness (QED) is 0.286. The fraction of sp³-hybridized carbons (Fsp3) is 0.387. The maximum atomic E-state index is 13.3. The lowest BCUT2D eigenvalue weighted by molar-refractivity contribution is 0.00691. The van der Waals surface area contributed by atoms with Crippen molar-refractivity contribution in [3.05, 3.63) is 89.0 Å². The number of carbonyl (C=O) groups excluding carboxylic acids is 1. The smallest absolute Gasteiger partial charge is 0.342 e. The summed E-state index contributed by atoms with van der Waals surface area (Å²) in [4.78, 5) is 25.6. The van der Waals surface area contributed by atoms with Gasteiger partial charge < -0.3 is 9.64 Å². The van der Waals surface area contributed by atoms with E-state index in [1.807, 2.05) is 70.2 Å². The van der Waals surface area contributed by atoms with Gasteiger partial charge in [-0.1, -0.05) is 74.5 Å². The molecule has 1 aliphatic heterocycles. The van der Waals surface area contributed by atoms with Crippen LogP contribution in [-0.4, -0.2) is 35.4 Å². The molecule has 36 heavy (non-hydrogen) atoms. The van der Waals surface area contributed by atoms with Gasteiger partial charge in [0.15, 0.2) is 5.82 Å². The molecule has 2 aromatic carbocycles. The Balaban J connectivity index is 1.84. The Morgan fingerprint density at radius 1 is 0.944 bits per heavy atom. The summed E-state index contributed by atoms with van der Waals surface area (Å²) in [5, 5.41) is 0. The monoisotopic (exact) mass is 483 g/mol. The molecule has 0 aliphatic carbocycles. The molecule has 0 bridgehead atoms. The van der Waals surface area contributed by atoms with Crippen molar-refractivity contribution in [3.8, 4) is 0 Å². The topological polar surface area (TPSA) is 54.8 Å². The Labute approximate surface area is 215 Å². The van der Waals surface area contributed by atoms with Crippen molar-refractivity contribution in [3.63, 3.8) is 0 Å². The molecule has 0 spiro atoms. The largest absolute Gasteiger partial charge is 0.456 e. The highest BCUT2D eigenvalue weighted by Gasteiger charge is 2.31. The predicted octanol–water partition coefficient (Wildman–Crippen LogP) is 7.14. The maximum Gasteiger partial charge on any atom is 0.342 e. The average Bonchev–Trinajstić information content (AvgIpc) is 2.82. The molecule has 2 heterocycles. The molecule has 0 radical (unpaired) electrons. The van der Waals surface area contributed by atoms with E-state index < -0.39 is 5.60 Å². The fourth-order valence-electron chi connectivity index (χ4n) is 4.43. The summed E-state index contributed by atoms with van der Waals surface area (Å²) in [6.07, 6.45) is 2.07. The van der Waals surface area contributed by atoms with E-state index in [0.717, 1.165) is 48.3 Å². The zero-order chi connectivity index (χ0) is 25.9. The summed E-state index contributed by atoms with van der Waals surface area (Å²) in [6, 6.07) is 22.2. The summed E-state index contributed by atoms with van der Waals surface area (Å²) in [5.41, 5.74) is 3.92. The molecule has 0 unspecified atom stereocenters. The normalized spacial score (nSPS) is 15.3. The standard InChI is InChI=1S/C31H37N3O2/c1-22-21-25(32-27(23-13-9-7-10-14-23)24-15-11-8-12-16-24)33-28(26(22)29(35)36-30(2,3)4)34-19-17-31(5,6)18-20-34/h7-16,21H,17-20H2,1-6H3. The van der Waals surface area contributed by atoms with Crippen LogP contribution in [0.1, 0.15) is 74.5 Å². The van der Waals surface area contributed by atoms with Gasteiger partial charge in [0.1, 0.15) is 17.0 Å². The van der Waals surface area contributed by atoms with E-state index in [2.05, 4.69) is 43.0 Å². The molecule has 188 valence electrons. The number of aliphatic imine (C=N–C) groups is 1. The number of ether oxygens (including phenoxy) is 1. The Kier molecular flexibility index (Phi) is 7.30. The van der Waals surface area contributed by atoms with Crippen molar-refractivity contribution < 1.29 is 9.53 Å². The third-order valence-electron chi connectivity index (χ3n) is 6.52. The van der Waals surface area contributed by atoms with E-state index in [-0.39, 0.29) is 11.4 Å². The summed E-state index contributed by atoms with van der Waals surface area (Å²) in [7, 11) is 0. The molecule has 5 heteroatoms. The van der Waals surface area contributed by atoms with Crippen molar-refractivity contribution in [1.82, 2.24) is 4.98 Å². The van der Waals surface area contributed by atoms with Gasteiger partial charge in [-0.25, -0.2) is 14.8 Å². The van der Waals surface area contributed by atoms with Gasteiger partial charge in [-0.05, 0) is 57.6 Å². The first-order valence-electron chi connectivity index (χ1n) is 12.7. The zero-order valence-corrected chi connectivity index (χ0v) is 22.3. The van der Waals surface area contributed by atoms with Gasteiger partial charge in [-0.2, -0.15) is 0 Å². The number of hydrogen-bond acceptors (Lipinski definition) is 5.